The molecule has 1 aromatic carbocycles. The third kappa shape index (κ3) is 3.52. The van der Waals surface area contributed by atoms with Crippen molar-refractivity contribution in [1.29, 1.82) is 0 Å². The van der Waals surface area contributed by atoms with Gasteiger partial charge in [0.2, 0.25) is 0 Å². The molecule has 1 radical (unpaired) electrons. The third-order valence-electron chi connectivity index (χ3n) is 4.64. The van der Waals surface area contributed by atoms with Crippen LogP contribution in [-0.2, 0) is 5.11 Å². The van der Waals surface area contributed by atoms with Crippen LogP contribution in [0.5, 0.6) is 5.75 Å². The van der Waals surface area contributed by atoms with Crippen molar-refractivity contribution in [2.24, 2.45) is 0 Å². The van der Waals surface area contributed by atoms with Crippen LogP contribution in [0.15, 0.2) is 12.1 Å². The van der Waals surface area contributed by atoms with Gasteiger partial charge in [0.15, 0.2) is 5.75 Å². The molecular weight excluding hydrogens is 232 g/mol. The zero-order chi connectivity index (χ0) is 14.6. The molecule has 1 nitrogen and oxygen atoms in total. The number of hydrogen-bond acceptors (Lipinski definition) is 0. The van der Waals surface area contributed by atoms with Crippen molar-refractivity contribution in [3.8, 4) is 5.75 Å². The SMILES string of the molecule is CCC(C)c1cc(C(C)CC)c([O])c(C(C)CC)c1. The second-order valence-electron chi connectivity index (χ2n) is 5.96. The molecule has 0 spiro atoms. The van der Waals surface area contributed by atoms with Crippen LogP contribution in [0.2, 0.25) is 0 Å². The summed E-state index contributed by atoms with van der Waals surface area (Å²) in [5.41, 5.74) is 3.39. The largest absolute Gasteiger partial charge is 0.289 e. The van der Waals surface area contributed by atoms with E-state index in [1.165, 1.54) is 5.56 Å². The van der Waals surface area contributed by atoms with Crippen LogP contribution in [0, 0.1) is 0 Å². The lowest BCUT2D eigenvalue weighted by Gasteiger charge is -2.20. The standard InChI is InChI=1S/C18H29O/c1-7-12(4)15-10-16(13(5)8-2)18(19)17(11-15)14(6)9-3/h10-14H,7-9H2,1-6H3. The molecule has 0 saturated heterocycles. The van der Waals surface area contributed by atoms with Crippen LogP contribution in [-0.4, -0.2) is 0 Å². The highest BCUT2D eigenvalue weighted by atomic mass is 16.3. The van der Waals surface area contributed by atoms with Crippen LogP contribution < -0.4 is 0 Å². The zero-order valence-corrected chi connectivity index (χ0v) is 13.4. The van der Waals surface area contributed by atoms with Crippen molar-refractivity contribution in [2.75, 3.05) is 0 Å². The summed E-state index contributed by atoms with van der Waals surface area (Å²) in [7, 11) is 0. The molecule has 0 aromatic heterocycles. The predicted octanol–water partition coefficient (Wildman–Crippen LogP) is 6.37. The van der Waals surface area contributed by atoms with Gasteiger partial charge in [-0.2, -0.15) is 0 Å². The first-order valence-electron chi connectivity index (χ1n) is 7.80. The normalized spacial score (nSPS) is 16.1. The molecule has 0 aliphatic heterocycles. The number of rotatable bonds is 6. The van der Waals surface area contributed by atoms with E-state index in [0.717, 1.165) is 30.4 Å². The average molecular weight is 261 g/mol. The Morgan fingerprint density at radius 2 is 1.16 bits per heavy atom. The van der Waals surface area contributed by atoms with Gasteiger partial charge in [-0.1, -0.05) is 53.7 Å². The van der Waals surface area contributed by atoms with E-state index in [9.17, 15) is 5.11 Å². The molecule has 0 N–H and O–H groups in total. The van der Waals surface area contributed by atoms with Crippen molar-refractivity contribution >= 4 is 0 Å². The van der Waals surface area contributed by atoms with Gasteiger partial charge in [-0.25, -0.2) is 0 Å². The Balaban J connectivity index is 3.37. The van der Waals surface area contributed by atoms with E-state index in [1.807, 2.05) is 0 Å². The minimum absolute atomic E-state index is 0.288. The monoisotopic (exact) mass is 261 g/mol. The van der Waals surface area contributed by atoms with Crippen molar-refractivity contribution < 1.29 is 5.11 Å². The van der Waals surface area contributed by atoms with Gasteiger partial charge < -0.3 is 0 Å². The van der Waals surface area contributed by atoms with Crippen molar-refractivity contribution in [3.05, 3.63) is 28.8 Å². The van der Waals surface area contributed by atoms with E-state index < -0.39 is 0 Å². The molecule has 0 fully saturated rings. The van der Waals surface area contributed by atoms with Crippen LogP contribution in [0.4, 0.5) is 0 Å². The zero-order valence-electron chi connectivity index (χ0n) is 13.4. The Labute approximate surface area is 119 Å². The highest BCUT2D eigenvalue weighted by molar-refractivity contribution is 5.47. The summed E-state index contributed by atoms with van der Waals surface area (Å²) in [6, 6.07) is 4.33. The van der Waals surface area contributed by atoms with Gasteiger partial charge in [0.05, 0.1) is 0 Å². The maximum Gasteiger partial charge on any atom is 0.185 e. The average Bonchev–Trinajstić information content (AvgIpc) is 2.44. The molecule has 0 amide bonds. The van der Waals surface area contributed by atoms with E-state index in [2.05, 4.69) is 53.7 Å². The molecule has 107 valence electrons. The summed E-state index contributed by atoms with van der Waals surface area (Å²) in [5.74, 6) is 1.54. The number of benzene rings is 1. The quantitative estimate of drug-likeness (QED) is 0.567. The van der Waals surface area contributed by atoms with E-state index in [-0.39, 0.29) is 5.75 Å². The summed E-state index contributed by atoms with van der Waals surface area (Å²) >= 11 is 0. The molecule has 19 heavy (non-hydrogen) atoms. The topological polar surface area (TPSA) is 19.9 Å². The molecule has 0 aliphatic carbocycles. The second-order valence-corrected chi connectivity index (χ2v) is 5.96. The fourth-order valence-corrected chi connectivity index (χ4v) is 2.39. The van der Waals surface area contributed by atoms with Crippen molar-refractivity contribution in [3.63, 3.8) is 0 Å². The maximum absolute atomic E-state index is 12.6. The molecule has 0 bridgehead atoms. The Hall–Kier alpha value is -0.980. The van der Waals surface area contributed by atoms with Gasteiger partial charge in [0.1, 0.15) is 0 Å². The van der Waals surface area contributed by atoms with Crippen LogP contribution in [0.1, 0.15) is 95.2 Å². The predicted molar refractivity (Wildman–Crippen MR) is 82.7 cm³/mol. The lowest BCUT2D eigenvalue weighted by molar-refractivity contribution is 0.338. The van der Waals surface area contributed by atoms with Crippen LogP contribution in [0.3, 0.4) is 0 Å². The summed E-state index contributed by atoms with van der Waals surface area (Å²) in [5, 5.41) is 12.6. The summed E-state index contributed by atoms with van der Waals surface area (Å²) in [6.07, 6.45) is 3.18. The molecule has 3 atom stereocenters. The first-order valence-corrected chi connectivity index (χ1v) is 7.80. The first kappa shape index (κ1) is 16.1. The minimum Gasteiger partial charge on any atom is -0.289 e. The highest BCUT2D eigenvalue weighted by Crippen LogP contribution is 2.39. The lowest BCUT2D eigenvalue weighted by Crippen LogP contribution is -2.02. The lowest BCUT2D eigenvalue weighted by atomic mass is 9.85. The minimum atomic E-state index is 0.288. The van der Waals surface area contributed by atoms with Crippen molar-refractivity contribution in [1.82, 2.24) is 0 Å². The maximum atomic E-state index is 12.6. The summed E-state index contributed by atoms with van der Waals surface area (Å²) < 4.78 is 0. The Kier molecular flexibility index (Phi) is 5.90. The van der Waals surface area contributed by atoms with E-state index in [0.29, 0.717) is 17.8 Å². The molecule has 1 aromatic rings. The van der Waals surface area contributed by atoms with Crippen LogP contribution in [0.25, 0.3) is 0 Å². The summed E-state index contributed by atoms with van der Waals surface area (Å²) in [4.78, 5) is 0. The number of hydrogen-bond donors (Lipinski definition) is 0. The van der Waals surface area contributed by atoms with E-state index >= 15 is 0 Å². The summed E-state index contributed by atoms with van der Waals surface area (Å²) in [6.45, 7) is 13.1. The van der Waals surface area contributed by atoms with E-state index in [1.54, 1.807) is 0 Å². The Morgan fingerprint density at radius 1 is 0.789 bits per heavy atom. The van der Waals surface area contributed by atoms with Gasteiger partial charge in [-0.15, -0.1) is 0 Å². The van der Waals surface area contributed by atoms with Gasteiger partial charge in [0, 0.05) is 11.1 Å². The molecule has 0 heterocycles. The van der Waals surface area contributed by atoms with Gasteiger partial charge >= 0.3 is 0 Å². The molecule has 3 unspecified atom stereocenters. The van der Waals surface area contributed by atoms with Gasteiger partial charge in [-0.3, -0.25) is 5.11 Å². The van der Waals surface area contributed by atoms with Crippen molar-refractivity contribution in [2.45, 2.75) is 78.6 Å². The van der Waals surface area contributed by atoms with Gasteiger partial charge in [0.25, 0.3) is 0 Å². The van der Waals surface area contributed by atoms with E-state index in [4.69, 9.17) is 0 Å². The molecular formula is C18H29O. The Morgan fingerprint density at radius 3 is 1.47 bits per heavy atom. The molecule has 1 heteroatoms. The Bertz CT molecular complexity index is 377. The molecule has 1 rings (SSSR count). The fraction of sp³-hybridized carbons (Fsp3) is 0.667. The third-order valence-corrected chi connectivity index (χ3v) is 4.64. The molecule has 0 aliphatic rings. The smallest absolute Gasteiger partial charge is 0.185 e. The fourth-order valence-electron chi connectivity index (χ4n) is 2.39. The second kappa shape index (κ2) is 6.98. The highest BCUT2D eigenvalue weighted by Gasteiger charge is 2.20. The molecule has 0 saturated carbocycles. The first-order chi connectivity index (χ1) is 8.96. The van der Waals surface area contributed by atoms with Gasteiger partial charge in [-0.05, 0) is 42.6 Å². The van der Waals surface area contributed by atoms with Crippen LogP contribution >= 0.6 is 0 Å².